The summed E-state index contributed by atoms with van der Waals surface area (Å²) in [6.45, 7) is 9.67. The summed E-state index contributed by atoms with van der Waals surface area (Å²) in [5.74, 6) is 0.610. The number of carbonyl (C=O) groups is 2. The summed E-state index contributed by atoms with van der Waals surface area (Å²) in [5.41, 5.74) is 0.657. The third kappa shape index (κ3) is 5.13. The summed E-state index contributed by atoms with van der Waals surface area (Å²) in [5, 5.41) is 0. The van der Waals surface area contributed by atoms with Crippen molar-refractivity contribution in [2.24, 2.45) is 5.92 Å². The van der Waals surface area contributed by atoms with Gasteiger partial charge in [-0.2, -0.15) is 0 Å². The van der Waals surface area contributed by atoms with Crippen molar-refractivity contribution in [1.82, 2.24) is 9.97 Å². The zero-order valence-electron chi connectivity index (χ0n) is 20.7. The lowest BCUT2D eigenvalue weighted by atomic mass is 9.79. The average molecular weight is 468 g/mol. The van der Waals surface area contributed by atoms with Gasteiger partial charge in [-0.15, -0.1) is 0 Å². The molecule has 4 rings (SSSR count). The Morgan fingerprint density at radius 1 is 1.24 bits per heavy atom. The number of hydrogen-bond donors (Lipinski definition) is 0. The number of anilines is 1. The molecule has 6 nitrogen and oxygen atoms in total. The minimum atomic E-state index is -1.56. The zero-order chi connectivity index (χ0) is 24.7. The molecule has 0 N–H and O–H groups in total. The largest absolute Gasteiger partial charge is 0.460 e. The van der Waals surface area contributed by atoms with Crippen molar-refractivity contribution < 1.29 is 18.7 Å². The van der Waals surface area contributed by atoms with E-state index in [4.69, 9.17) is 9.72 Å². The summed E-state index contributed by atoms with van der Waals surface area (Å²) >= 11 is 0. The molecule has 0 saturated heterocycles. The lowest BCUT2D eigenvalue weighted by Gasteiger charge is -2.36. The van der Waals surface area contributed by atoms with Crippen molar-refractivity contribution in [2.75, 3.05) is 11.4 Å². The van der Waals surface area contributed by atoms with E-state index in [0.29, 0.717) is 30.4 Å². The van der Waals surface area contributed by atoms with Crippen molar-refractivity contribution in [1.29, 1.82) is 0 Å². The Kier molecular flexibility index (Phi) is 6.49. The minimum Gasteiger partial charge on any atom is -0.460 e. The topological polar surface area (TPSA) is 72.4 Å². The van der Waals surface area contributed by atoms with Gasteiger partial charge in [0.15, 0.2) is 5.82 Å². The smallest absolute Gasteiger partial charge is 0.309 e. The molecule has 1 amide bonds. The number of alkyl halides is 1. The van der Waals surface area contributed by atoms with Crippen molar-refractivity contribution in [3.8, 4) is 11.4 Å². The third-order valence-electron chi connectivity index (χ3n) is 6.63. The Morgan fingerprint density at radius 2 is 1.91 bits per heavy atom. The fraction of sp³-hybridized carbons (Fsp3) is 0.556. The van der Waals surface area contributed by atoms with Gasteiger partial charge in [0.05, 0.1) is 18.9 Å². The van der Waals surface area contributed by atoms with Gasteiger partial charge < -0.3 is 4.74 Å². The predicted molar refractivity (Wildman–Crippen MR) is 129 cm³/mol. The van der Waals surface area contributed by atoms with E-state index in [9.17, 15) is 9.59 Å². The third-order valence-corrected chi connectivity index (χ3v) is 6.63. The van der Waals surface area contributed by atoms with Gasteiger partial charge in [0, 0.05) is 17.3 Å². The fourth-order valence-electron chi connectivity index (χ4n) is 4.83. The maximum absolute atomic E-state index is 15.9. The second kappa shape index (κ2) is 9.08. The van der Waals surface area contributed by atoms with Crippen LogP contribution in [0.15, 0.2) is 30.5 Å². The molecule has 0 atom stereocenters. The van der Waals surface area contributed by atoms with E-state index < -0.39 is 11.3 Å². The number of fused-ring (bicyclic) bond motifs is 1. The van der Waals surface area contributed by atoms with E-state index in [1.807, 2.05) is 39.0 Å². The number of benzene rings is 1. The highest BCUT2D eigenvalue weighted by Gasteiger charge is 2.43. The van der Waals surface area contributed by atoms with Crippen LogP contribution in [0.1, 0.15) is 77.3 Å². The SMILES string of the molecule is CC(C)c1ccccc1-c1ncc2c(n1)N(CC1(F)CCC(C(=O)OC(C)(C)C)CC1)C(=O)C2. The monoisotopic (exact) mass is 467 g/mol. The molecule has 1 aliphatic heterocycles. The van der Waals surface area contributed by atoms with Crippen LogP contribution in [-0.2, 0) is 20.7 Å². The van der Waals surface area contributed by atoms with Crippen LogP contribution in [0.25, 0.3) is 11.4 Å². The van der Waals surface area contributed by atoms with Gasteiger partial charge in [-0.1, -0.05) is 38.1 Å². The molecule has 1 aromatic heterocycles. The molecule has 34 heavy (non-hydrogen) atoms. The lowest BCUT2D eigenvalue weighted by Crippen LogP contribution is -2.45. The highest BCUT2D eigenvalue weighted by atomic mass is 19.1. The van der Waals surface area contributed by atoms with Gasteiger partial charge in [0.1, 0.15) is 17.1 Å². The van der Waals surface area contributed by atoms with E-state index in [1.165, 1.54) is 4.90 Å². The Bertz CT molecular complexity index is 1080. The van der Waals surface area contributed by atoms with Gasteiger partial charge in [-0.05, 0) is 57.9 Å². The van der Waals surface area contributed by atoms with Gasteiger partial charge >= 0.3 is 5.97 Å². The Hall–Kier alpha value is -2.83. The first-order valence-electron chi connectivity index (χ1n) is 12.1. The lowest BCUT2D eigenvalue weighted by molar-refractivity contribution is -0.162. The normalized spacial score (nSPS) is 22.7. The van der Waals surface area contributed by atoms with E-state index in [-0.39, 0.29) is 43.6 Å². The number of halogens is 1. The van der Waals surface area contributed by atoms with Gasteiger partial charge in [0.2, 0.25) is 5.91 Å². The van der Waals surface area contributed by atoms with Gasteiger partial charge in [0.25, 0.3) is 0 Å². The molecule has 0 unspecified atom stereocenters. The Labute approximate surface area is 200 Å². The molecule has 2 heterocycles. The van der Waals surface area contributed by atoms with Crippen LogP contribution in [0.2, 0.25) is 0 Å². The fourth-order valence-corrected chi connectivity index (χ4v) is 4.83. The quantitative estimate of drug-likeness (QED) is 0.551. The number of amides is 1. The molecule has 1 fully saturated rings. The van der Waals surface area contributed by atoms with Crippen molar-refractivity contribution in [2.45, 2.75) is 83.9 Å². The molecule has 182 valence electrons. The van der Waals surface area contributed by atoms with Crippen LogP contribution >= 0.6 is 0 Å². The maximum Gasteiger partial charge on any atom is 0.309 e. The van der Waals surface area contributed by atoms with E-state index >= 15 is 4.39 Å². The summed E-state index contributed by atoms with van der Waals surface area (Å²) < 4.78 is 21.4. The number of ether oxygens (including phenoxy) is 1. The Balaban J connectivity index is 1.52. The number of esters is 1. The second-order valence-electron chi connectivity index (χ2n) is 10.9. The van der Waals surface area contributed by atoms with E-state index in [2.05, 4.69) is 24.9 Å². The van der Waals surface area contributed by atoms with E-state index in [1.54, 1.807) is 6.20 Å². The molecule has 1 aromatic carbocycles. The second-order valence-corrected chi connectivity index (χ2v) is 10.9. The molecule has 0 radical (unpaired) electrons. The van der Waals surface area contributed by atoms with Crippen molar-refractivity contribution >= 4 is 17.7 Å². The number of aromatic nitrogens is 2. The number of rotatable bonds is 5. The van der Waals surface area contributed by atoms with E-state index in [0.717, 1.165) is 16.7 Å². The standard InChI is InChI=1S/C27H34FN3O3/c1-17(2)20-8-6-7-9-21(20)23-29-15-19-14-22(32)31(24(19)30-23)16-27(28)12-10-18(11-13-27)25(33)34-26(3,4)5/h6-9,15,17-18H,10-14,16H2,1-5H3. The first-order valence-corrected chi connectivity index (χ1v) is 12.1. The number of nitrogens with zero attached hydrogens (tertiary/aromatic N) is 3. The highest BCUT2D eigenvalue weighted by molar-refractivity contribution is 6.00. The summed E-state index contributed by atoms with van der Waals surface area (Å²) in [4.78, 5) is 36.0. The molecule has 1 saturated carbocycles. The summed E-state index contributed by atoms with van der Waals surface area (Å²) in [6, 6.07) is 7.97. The van der Waals surface area contributed by atoms with Crippen molar-refractivity contribution in [3.63, 3.8) is 0 Å². The van der Waals surface area contributed by atoms with Gasteiger partial charge in [-0.3, -0.25) is 14.5 Å². The molecular weight excluding hydrogens is 433 g/mol. The first kappa shape index (κ1) is 24.3. The minimum absolute atomic E-state index is 0.0534. The van der Waals surface area contributed by atoms with Crippen LogP contribution in [0.4, 0.5) is 10.2 Å². The first-order chi connectivity index (χ1) is 16.0. The number of hydrogen-bond acceptors (Lipinski definition) is 5. The molecule has 2 aliphatic rings. The van der Waals surface area contributed by atoms with Crippen molar-refractivity contribution in [3.05, 3.63) is 41.6 Å². The molecule has 0 bridgehead atoms. The van der Waals surface area contributed by atoms with Crippen LogP contribution in [-0.4, -0.2) is 39.7 Å². The molecule has 7 heteroatoms. The van der Waals surface area contributed by atoms with Gasteiger partial charge in [-0.25, -0.2) is 14.4 Å². The molecule has 1 aliphatic carbocycles. The van der Waals surface area contributed by atoms with Crippen LogP contribution in [0, 0.1) is 5.92 Å². The van der Waals surface area contributed by atoms with Crippen LogP contribution < -0.4 is 4.90 Å². The predicted octanol–water partition coefficient (Wildman–Crippen LogP) is 5.40. The van der Waals surface area contributed by atoms with Crippen LogP contribution in [0.3, 0.4) is 0 Å². The molecular formula is C27H34FN3O3. The average Bonchev–Trinajstić information content (AvgIpc) is 3.07. The van der Waals surface area contributed by atoms with Crippen LogP contribution in [0.5, 0.6) is 0 Å². The highest BCUT2D eigenvalue weighted by Crippen LogP contribution is 2.39. The Morgan fingerprint density at radius 3 is 2.56 bits per heavy atom. The molecule has 0 spiro atoms. The summed E-state index contributed by atoms with van der Waals surface area (Å²) in [7, 11) is 0. The maximum atomic E-state index is 15.9. The zero-order valence-corrected chi connectivity index (χ0v) is 20.7. The molecule has 2 aromatic rings. The number of carbonyl (C=O) groups excluding carboxylic acids is 2. The summed E-state index contributed by atoms with van der Waals surface area (Å²) in [6.07, 6.45) is 3.12.